The van der Waals surface area contributed by atoms with Crippen molar-refractivity contribution in [3.05, 3.63) is 0 Å². The summed E-state index contributed by atoms with van der Waals surface area (Å²) in [4.78, 5) is 3.94. The third kappa shape index (κ3) is 5.74. The SMILES string of the molecule is CSSC(CN=C=S)C(C)C. The lowest BCUT2D eigenvalue weighted by Crippen LogP contribution is -2.13. The molecule has 0 aromatic heterocycles. The van der Waals surface area contributed by atoms with Crippen LogP contribution < -0.4 is 0 Å². The van der Waals surface area contributed by atoms with E-state index in [4.69, 9.17) is 0 Å². The van der Waals surface area contributed by atoms with Crippen LogP contribution in [0.1, 0.15) is 13.8 Å². The van der Waals surface area contributed by atoms with Gasteiger partial charge < -0.3 is 0 Å². The molecule has 0 radical (unpaired) electrons. The molecule has 0 heterocycles. The summed E-state index contributed by atoms with van der Waals surface area (Å²) in [5.41, 5.74) is 0. The Bertz CT molecular complexity index is 141. The summed E-state index contributed by atoms with van der Waals surface area (Å²) < 4.78 is 0. The number of hydrogen-bond acceptors (Lipinski definition) is 4. The van der Waals surface area contributed by atoms with E-state index in [1.807, 2.05) is 10.8 Å². The van der Waals surface area contributed by atoms with E-state index in [0.29, 0.717) is 11.2 Å². The lowest BCUT2D eigenvalue weighted by atomic mass is 10.1. The van der Waals surface area contributed by atoms with Crippen molar-refractivity contribution in [1.29, 1.82) is 0 Å². The van der Waals surface area contributed by atoms with Crippen molar-refractivity contribution in [3.8, 4) is 0 Å². The second kappa shape index (κ2) is 7.17. The van der Waals surface area contributed by atoms with E-state index in [9.17, 15) is 0 Å². The molecular formula is C7H13NS3. The number of aliphatic imine (C=N–C) groups is 1. The zero-order valence-electron chi connectivity index (χ0n) is 7.03. The minimum Gasteiger partial charge on any atom is -0.231 e. The molecule has 0 aliphatic rings. The molecule has 0 spiro atoms. The van der Waals surface area contributed by atoms with Crippen LogP contribution in [-0.2, 0) is 0 Å². The molecule has 0 aliphatic heterocycles. The van der Waals surface area contributed by atoms with E-state index >= 15 is 0 Å². The molecule has 0 saturated heterocycles. The highest BCUT2D eigenvalue weighted by Crippen LogP contribution is 2.28. The highest BCUT2D eigenvalue weighted by molar-refractivity contribution is 8.76. The van der Waals surface area contributed by atoms with Crippen molar-refractivity contribution in [2.75, 3.05) is 12.8 Å². The maximum Gasteiger partial charge on any atom is 0.0622 e. The normalized spacial score (nSPS) is 12.7. The predicted molar refractivity (Wildman–Crippen MR) is 59.6 cm³/mol. The summed E-state index contributed by atoms with van der Waals surface area (Å²) >= 11 is 4.51. The van der Waals surface area contributed by atoms with Crippen LogP contribution >= 0.6 is 33.8 Å². The molecule has 0 bridgehead atoms. The molecule has 0 aliphatic carbocycles. The van der Waals surface area contributed by atoms with Crippen LogP contribution in [0.25, 0.3) is 0 Å². The quantitative estimate of drug-likeness (QED) is 0.390. The first kappa shape index (κ1) is 11.5. The average molecular weight is 207 g/mol. The Morgan fingerprint density at radius 1 is 1.55 bits per heavy atom. The summed E-state index contributed by atoms with van der Waals surface area (Å²) in [5, 5.41) is 2.97. The smallest absolute Gasteiger partial charge is 0.0622 e. The summed E-state index contributed by atoms with van der Waals surface area (Å²) in [7, 11) is 3.64. The minimum atomic E-state index is 0.570. The maximum absolute atomic E-state index is 4.51. The van der Waals surface area contributed by atoms with Gasteiger partial charge in [-0.25, -0.2) is 4.99 Å². The summed E-state index contributed by atoms with van der Waals surface area (Å²) in [6.07, 6.45) is 2.08. The fourth-order valence-corrected chi connectivity index (χ4v) is 2.87. The Morgan fingerprint density at radius 2 is 2.18 bits per heavy atom. The van der Waals surface area contributed by atoms with Gasteiger partial charge in [0.2, 0.25) is 0 Å². The molecule has 0 amide bonds. The maximum atomic E-state index is 4.51. The fraction of sp³-hybridized carbons (Fsp3) is 0.857. The first-order chi connectivity index (χ1) is 5.22. The van der Waals surface area contributed by atoms with Crippen LogP contribution in [0.15, 0.2) is 4.99 Å². The van der Waals surface area contributed by atoms with Crippen LogP contribution in [0.5, 0.6) is 0 Å². The molecule has 11 heavy (non-hydrogen) atoms. The Morgan fingerprint density at radius 3 is 2.55 bits per heavy atom. The highest BCUT2D eigenvalue weighted by Gasteiger charge is 2.12. The second-order valence-electron chi connectivity index (χ2n) is 2.48. The predicted octanol–water partition coefficient (Wildman–Crippen LogP) is 3.13. The van der Waals surface area contributed by atoms with Crippen molar-refractivity contribution in [3.63, 3.8) is 0 Å². The van der Waals surface area contributed by atoms with Gasteiger partial charge in [-0.1, -0.05) is 35.4 Å². The zero-order chi connectivity index (χ0) is 8.69. The third-order valence-corrected chi connectivity index (χ3v) is 3.88. The van der Waals surface area contributed by atoms with Gasteiger partial charge in [-0.05, 0) is 24.4 Å². The molecule has 0 fully saturated rings. The first-order valence-electron chi connectivity index (χ1n) is 3.45. The average Bonchev–Trinajstić information content (AvgIpc) is 1.97. The van der Waals surface area contributed by atoms with E-state index in [-0.39, 0.29) is 0 Å². The minimum absolute atomic E-state index is 0.570. The van der Waals surface area contributed by atoms with E-state index in [1.165, 1.54) is 0 Å². The van der Waals surface area contributed by atoms with Gasteiger partial charge in [0, 0.05) is 5.25 Å². The van der Waals surface area contributed by atoms with Crippen molar-refractivity contribution < 1.29 is 0 Å². The largest absolute Gasteiger partial charge is 0.231 e. The van der Waals surface area contributed by atoms with Crippen molar-refractivity contribution in [1.82, 2.24) is 0 Å². The number of rotatable bonds is 5. The molecular weight excluding hydrogens is 194 g/mol. The highest BCUT2D eigenvalue weighted by atomic mass is 33.1. The van der Waals surface area contributed by atoms with Crippen LogP contribution in [0.3, 0.4) is 0 Å². The lowest BCUT2D eigenvalue weighted by molar-refractivity contribution is 0.617. The molecule has 4 heteroatoms. The van der Waals surface area contributed by atoms with Gasteiger partial charge >= 0.3 is 0 Å². The summed E-state index contributed by atoms with van der Waals surface area (Å²) in [6.45, 7) is 5.20. The number of thiocarbonyl (C=S) groups is 1. The molecule has 0 aromatic carbocycles. The van der Waals surface area contributed by atoms with Crippen LogP contribution in [0.2, 0.25) is 0 Å². The van der Waals surface area contributed by atoms with Gasteiger partial charge in [0.25, 0.3) is 0 Å². The molecule has 1 atom stereocenters. The number of nitrogens with zero attached hydrogens (tertiary/aromatic N) is 1. The number of isothiocyanates is 1. The van der Waals surface area contributed by atoms with Crippen LogP contribution in [0.4, 0.5) is 0 Å². The Kier molecular flexibility index (Phi) is 7.49. The van der Waals surface area contributed by atoms with Gasteiger partial charge in [-0.15, -0.1) is 0 Å². The van der Waals surface area contributed by atoms with Gasteiger partial charge in [0.1, 0.15) is 0 Å². The van der Waals surface area contributed by atoms with Gasteiger partial charge in [0.15, 0.2) is 0 Å². The molecule has 1 nitrogen and oxygen atoms in total. The Balaban J connectivity index is 3.78. The van der Waals surface area contributed by atoms with Gasteiger partial charge in [-0.3, -0.25) is 0 Å². The Hall–Kier alpha value is 0.500. The second-order valence-corrected chi connectivity index (χ2v) is 5.37. The Labute approximate surface area is 81.8 Å². The van der Waals surface area contributed by atoms with Crippen molar-refractivity contribution in [2.24, 2.45) is 10.9 Å². The molecule has 0 rings (SSSR count). The zero-order valence-corrected chi connectivity index (χ0v) is 9.48. The standard InChI is InChI=1S/C7H13NS3/c1-6(2)7(11-10-3)4-8-5-9/h6-7H,4H2,1-3H3. The first-order valence-corrected chi connectivity index (χ1v) is 6.48. The molecule has 0 saturated carbocycles. The van der Waals surface area contributed by atoms with Gasteiger partial charge in [-0.2, -0.15) is 0 Å². The molecule has 64 valence electrons. The third-order valence-electron chi connectivity index (χ3n) is 1.30. The summed E-state index contributed by atoms with van der Waals surface area (Å²) in [6, 6.07) is 0. The van der Waals surface area contributed by atoms with E-state index < -0.39 is 0 Å². The topological polar surface area (TPSA) is 12.4 Å². The van der Waals surface area contributed by atoms with Crippen LogP contribution in [-0.4, -0.2) is 23.2 Å². The van der Waals surface area contributed by atoms with Crippen LogP contribution in [0, 0.1) is 5.92 Å². The monoisotopic (exact) mass is 207 g/mol. The van der Waals surface area contributed by atoms with E-state index in [2.05, 4.69) is 42.5 Å². The molecule has 0 aromatic rings. The molecule has 0 N–H and O–H groups in total. The number of hydrogen-bond donors (Lipinski definition) is 0. The lowest BCUT2D eigenvalue weighted by Gasteiger charge is -2.15. The van der Waals surface area contributed by atoms with Crippen molar-refractivity contribution in [2.45, 2.75) is 19.1 Å². The van der Waals surface area contributed by atoms with Gasteiger partial charge in [0.05, 0.1) is 11.7 Å². The van der Waals surface area contributed by atoms with E-state index in [1.54, 1.807) is 10.8 Å². The molecule has 1 unspecified atom stereocenters. The summed E-state index contributed by atoms with van der Waals surface area (Å²) in [5.74, 6) is 0.652. The van der Waals surface area contributed by atoms with E-state index in [0.717, 1.165) is 6.54 Å². The van der Waals surface area contributed by atoms with Crippen molar-refractivity contribution >= 4 is 39.0 Å². The fourth-order valence-electron chi connectivity index (χ4n) is 0.603.